The summed E-state index contributed by atoms with van der Waals surface area (Å²) in [6, 6.07) is 8.39. The van der Waals surface area contributed by atoms with Gasteiger partial charge in [-0.15, -0.1) is 0 Å². The Kier molecular flexibility index (Phi) is 5.74. The fourth-order valence-corrected chi connectivity index (χ4v) is 4.03. The fourth-order valence-electron chi connectivity index (χ4n) is 4.03. The number of benzene rings is 1. The first-order valence-corrected chi connectivity index (χ1v) is 8.94. The molecule has 0 bridgehead atoms. The van der Waals surface area contributed by atoms with E-state index in [1.54, 1.807) is 7.11 Å². The van der Waals surface area contributed by atoms with Gasteiger partial charge in [-0.25, -0.2) is 0 Å². The van der Waals surface area contributed by atoms with Crippen molar-refractivity contribution < 1.29 is 14.3 Å². The van der Waals surface area contributed by atoms with Gasteiger partial charge in [-0.2, -0.15) is 0 Å². The van der Waals surface area contributed by atoms with Gasteiger partial charge in [0.25, 0.3) is 5.91 Å². The number of rotatable bonds is 6. The molecule has 2 aliphatic heterocycles. The number of likely N-dealkylation sites (tertiary alicyclic amines) is 2. The van der Waals surface area contributed by atoms with Gasteiger partial charge in [0.2, 0.25) is 0 Å². The van der Waals surface area contributed by atoms with Gasteiger partial charge in [-0.3, -0.25) is 4.79 Å². The van der Waals surface area contributed by atoms with Gasteiger partial charge in [0.05, 0.1) is 12.2 Å². The SMILES string of the molecule is COCCOc1ccccc1C(=O)N1CCC[C@@H]1[C@H]1CCCN1C. The number of hydrogen-bond acceptors (Lipinski definition) is 4. The third-order valence-corrected chi connectivity index (χ3v) is 5.24. The van der Waals surface area contributed by atoms with Gasteiger partial charge < -0.3 is 19.3 Å². The molecule has 0 spiro atoms. The maximum absolute atomic E-state index is 13.2. The lowest BCUT2D eigenvalue weighted by atomic mass is 10.0. The standard InChI is InChI=1S/C19H28N2O3/c1-20-11-5-8-16(20)17-9-6-12-21(17)19(22)15-7-3-4-10-18(15)24-14-13-23-2/h3-4,7,10,16-17H,5-6,8-9,11-14H2,1-2H3/t16-,17-/m1/s1. The van der Waals surface area contributed by atoms with Crippen molar-refractivity contribution in [1.29, 1.82) is 0 Å². The van der Waals surface area contributed by atoms with Crippen LogP contribution in [-0.4, -0.2) is 68.3 Å². The van der Waals surface area contributed by atoms with Gasteiger partial charge in [0, 0.05) is 25.7 Å². The second kappa shape index (κ2) is 7.99. The summed E-state index contributed by atoms with van der Waals surface area (Å²) in [6.07, 6.45) is 4.62. The Hall–Kier alpha value is -1.59. The molecule has 1 aromatic carbocycles. The number of para-hydroxylation sites is 1. The lowest BCUT2D eigenvalue weighted by Gasteiger charge is -2.33. The first-order chi connectivity index (χ1) is 11.7. The zero-order chi connectivity index (χ0) is 16.9. The molecule has 0 saturated carbocycles. The molecule has 0 N–H and O–H groups in total. The quantitative estimate of drug-likeness (QED) is 0.750. The summed E-state index contributed by atoms with van der Waals surface area (Å²) in [5.41, 5.74) is 0.668. The number of methoxy groups -OCH3 is 1. The molecule has 3 rings (SSSR count). The van der Waals surface area contributed by atoms with E-state index in [4.69, 9.17) is 9.47 Å². The Morgan fingerprint density at radius 1 is 1.12 bits per heavy atom. The molecular weight excluding hydrogens is 304 g/mol. The van der Waals surface area contributed by atoms with Crippen molar-refractivity contribution in [2.45, 2.75) is 37.8 Å². The van der Waals surface area contributed by atoms with Crippen molar-refractivity contribution in [1.82, 2.24) is 9.80 Å². The molecule has 2 saturated heterocycles. The van der Waals surface area contributed by atoms with Crippen LogP contribution in [0, 0.1) is 0 Å². The fraction of sp³-hybridized carbons (Fsp3) is 0.632. The molecule has 24 heavy (non-hydrogen) atoms. The topological polar surface area (TPSA) is 42.0 Å². The lowest BCUT2D eigenvalue weighted by Crippen LogP contribution is -2.47. The zero-order valence-electron chi connectivity index (χ0n) is 14.7. The van der Waals surface area contributed by atoms with Crippen LogP contribution in [0.1, 0.15) is 36.0 Å². The molecule has 0 unspecified atom stereocenters. The highest BCUT2D eigenvalue weighted by Crippen LogP contribution is 2.31. The molecule has 0 aliphatic carbocycles. The molecule has 5 nitrogen and oxygen atoms in total. The molecule has 5 heteroatoms. The second-order valence-electron chi connectivity index (χ2n) is 6.74. The van der Waals surface area contributed by atoms with E-state index >= 15 is 0 Å². The number of carbonyl (C=O) groups is 1. The van der Waals surface area contributed by atoms with E-state index in [-0.39, 0.29) is 5.91 Å². The summed E-state index contributed by atoms with van der Waals surface area (Å²) in [7, 11) is 3.83. The Morgan fingerprint density at radius 3 is 2.62 bits per heavy atom. The first kappa shape index (κ1) is 17.2. The highest BCUT2D eigenvalue weighted by molar-refractivity contribution is 5.97. The van der Waals surface area contributed by atoms with Crippen LogP contribution in [0.25, 0.3) is 0 Å². The number of amides is 1. The highest BCUT2D eigenvalue weighted by Gasteiger charge is 2.39. The number of likely N-dealkylation sites (N-methyl/N-ethyl adjacent to an activating group) is 1. The summed E-state index contributed by atoms with van der Waals surface area (Å²) >= 11 is 0. The van der Waals surface area contributed by atoms with Crippen LogP contribution in [0.15, 0.2) is 24.3 Å². The summed E-state index contributed by atoms with van der Waals surface area (Å²) in [5.74, 6) is 0.760. The van der Waals surface area contributed by atoms with Crippen LogP contribution in [0.3, 0.4) is 0 Å². The largest absolute Gasteiger partial charge is 0.490 e. The maximum Gasteiger partial charge on any atom is 0.257 e. The number of carbonyl (C=O) groups excluding carboxylic acids is 1. The van der Waals surface area contributed by atoms with E-state index in [0.29, 0.717) is 36.6 Å². The molecule has 1 aromatic rings. The monoisotopic (exact) mass is 332 g/mol. The third-order valence-electron chi connectivity index (χ3n) is 5.24. The van der Waals surface area contributed by atoms with Gasteiger partial charge in [-0.05, 0) is 51.4 Å². The summed E-state index contributed by atoms with van der Waals surface area (Å²) in [5, 5.41) is 0. The molecule has 2 aliphatic rings. The molecular formula is C19H28N2O3. The third kappa shape index (κ3) is 3.57. The van der Waals surface area contributed by atoms with E-state index in [2.05, 4.69) is 16.8 Å². The van der Waals surface area contributed by atoms with E-state index < -0.39 is 0 Å². The van der Waals surface area contributed by atoms with Gasteiger partial charge >= 0.3 is 0 Å². The summed E-state index contributed by atoms with van der Waals surface area (Å²) in [6.45, 7) is 2.96. The van der Waals surface area contributed by atoms with Crippen molar-refractivity contribution in [2.24, 2.45) is 0 Å². The van der Waals surface area contributed by atoms with Gasteiger partial charge in [-0.1, -0.05) is 12.1 Å². The van der Waals surface area contributed by atoms with Crippen LogP contribution in [-0.2, 0) is 4.74 Å². The molecule has 1 amide bonds. The zero-order valence-corrected chi connectivity index (χ0v) is 14.7. The minimum Gasteiger partial charge on any atom is -0.490 e. The van der Waals surface area contributed by atoms with Crippen LogP contribution in [0.2, 0.25) is 0 Å². The van der Waals surface area contributed by atoms with Crippen LogP contribution < -0.4 is 4.74 Å². The maximum atomic E-state index is 13.2. The molecule has 0 aromatic heterocycles. The summed E-state index contributed by atoms with van der Waals surface area (Å²) < 4.78 is 10.8. The predicted molar refractivity (Wildman–Crippen MR) is 93.5 cm³/mol. The second-order valence-corrected chi connectivity index (χ2v) is 6.74. The van der Waals surface area contributed by atoms with Crippen molar-refractivity contribution >= 4 is 5.91 Å². The number of nitrogens with zero attached hydrogens (tertiary/aromatic N) is 2. The van der Waals surface area contributed by atoms with E-state index in [0.717, 1.165) is 25.9 Å². The molecule has 0 radical (unpaired) electrons. The minimum absolute atomic E-state index is 0.103. The number of ether oxygens (including phenoxy) is 2. The van der Waals surface area contributed by atoms with Crippen LogP contribution in [0.4, 0.5) is 0 Å². The highest BCUT2D eigenvalue weighted by atomic mass is 16.5. The summed E-state index contributed by atoms with van der Waals surface area (Å²) in [4.78, 5) is 17.7. The first-order valence-electron chi connectivity index (χ1n) is 8.94. The molecule has 2 heterocycles. The van der Waals surface area contributed by atoms with Gasteiger partial charge in [0.1, 0.15) is 12.4 Å². The van der Waals surface area contributed by atoms with Gasteiger partial charge in [0.15, 0.2) is 0 Å². The van der Waals surface area contributed by atoms with E-state index in [9.17, 15) is 4.79 Å². The molecule has 132 valence electrons. The van der Waals surface area contributed by atoms with Crippen LogP contribution >= 0.6 is 0 Å². The van der Waals surface area contributed by atoms with E-state index in [1.165, 1.54) is 12.8 Å². The van der Waals surface area contributed by atoms with Crippen molar-refractivity contribution in [2.75, 3.05) is 40.5 Å². The normalized spacial score (nSPS) is 24.5. The van der Waals surface area contributed by atoms with Crippen LogP contribution in [0.5, 0.6) is 5.75 Å². The molecule has 2 atom stereocenters. The average Bonchev–Trinajstić information content (AvgIpc) is 3.23. The Balaban J connectivity index is 1.75. The van der Waals surface area contributed by atoms with Crippen molar-refractivity contribution in [3.8, 4) is 5.75 Å². The Labute approximate surface area is 144 Å². The van der Waals surface area contributed by atoms with Crippen molar-refractivity contribution in [3.63, 3.8) is 0 Å². The smallest absolute Gasteiger partial charge is 0.257 e. The predicted octanol–water partition coefficient (Wildman–Crippen LogP) is 2.41. The Morgan fingerprint density at radius 2 is 1.88 bits per heavy atom. The number of hydrogen-bond donors (Lipinski definition) is 0. The molecule has 2 fully saturated rings. The van der Waals surface area contributed by atoms with Crippen molar-refractivity contribution in [3.05, 3.63) is 29.8 Å². The average molecular weight is 332 g/mol. The van der Waals surface area contributed by atoms with E-state index in [1.807, 2.05) is 24.3 Å². The lowest BCUT2D eigenvalue weighted by molar-refractivity contribution is 0.0658. The Bertz CT molecular complexity index is 563. The minimum atomic E-state index is 0.103.